The molecule has 4 atom stereocenters. The fourth-order valence-corrected chi connectivity index (χ4v) is 6.47. The molecule has 0 fully saturated rings. The van der Waals surface area contributed by atoms with Gasteiger partial charge in [-0.05, 0) is 62.5 Å². The number of nitrogens with zero attached hydrogens (tertiary/aromatic N) is 1. The minimum atomic E-state index is -1.97. The first-order valence-electron chi connectivity index (χ1n) is 12.6. The van der Waals surface area contributed by atoms with Crippen molar-refractivity contribution in [1.29, 1.82) is 0 Å². The highest BCUT2D eigenvalue weighted by Crippen LogP contribution is 2.53. The molecule has 0 heterocycles. The normalized spacial score (nSPS) is 27.0. The smallest absolute Gasteiger partial charge is 0.248 e. The van der Waals surface area contributed by atoms with Crippen molar-refractivity contribution in [1.82, 2.24) is 4.90 Å². The van der Waals surface area contributed by atoms with Crippen LogP contribution in [0.5, 0.6) is 5.75 Å². The van der Waals surface area contributed by atoms with Gasteiger partial charge in [0, 0.05) is 17.9 Å². The number of hydrogen-bond acceptors (Lipinski definition) is 7. The number of carbonyl (C=O) groups is 2. The number of allylic oxidation sites excluding steroid dienone is 1. The molecule has 8 nitrogen and oxygen atoms in total. The van der Waals surface area contributed by atoms with Crippen LogP contribution in [0.1, 0.15) is 45.5 Å². The van der Waals surface area contributed by atoms with E-state index in [4.69, 9.17) is 5.73 Å². The number of rotatable bonds is 4. The summed E-state index contributed by atoms with van der Waals surface area (Å²) in [5.74, 6) is -3.56. The van der Waals surface area contributed by atoms with Crippen molar-refractivity contribution in [2.75, 3.05) is 14.1 Å². The Morgan fingerprint density at radius 1 is 1.13 bits per heavy atom. The predicted molar refractivity (Wildman–Crippen MR) is 143 cm³/mol. The van der Waals surface area contributed by atoms with E-state index in [-0.39, 0.29) is 34.6 Å². The summed E-state index contributed by atoms with van der Waals surface area (Å²) in [7, 11) is 3.41. The lowest BCUT2D eigenvalue weighted by atomic mass is 9.59. The van der Waals surface area contributed by atoms with Crippen LogP contribution in [-0.4, -0.2) is 62.8 Å². The van der Waals surface area contributed by atoms with Gasteiger partial charge in [-0.2, -0.15) is 0 Å². The highest BCUT2D eigenvalue weighted by Gasteiger charge is 2.58. The maximum atomic E-state index is 13.8. The van der Waals surface area contributed by atoms with Crippen molar-refractivity contribution in [2.24, 2.45) is 17.6 Å². The fourth-order valence-electron chi connectivity index (χ4n) is 6.47. The first-order valence-corrected chi connectivity index (χ1v) is 12.6. The van der Waals surface area contributed by atoms with E-state index in [1.165, 1.54) is 6.07 Å². The molecule has 8 heteroatoms. The van der Waals surface area contributed by atoms with E-state index in [0.29, 0.717) is 12.0 Å². The summed E-state index contributed by atoms with van der Waals surface area (Å²) < 4.78 is 0. The Labute approximate surface area is 221 Å². The van der Waals surface area contributed by atoms with Gasteiger partial charge in [0.25, 0.3) is 0 Å². The second-order valence-corrected chi connectivity index (χ2v) is 10.8. The van der Waals surface area contributed by atoms with E-state index < -0.39 is 47.3 Å². The van der Waals surface area contributed by atoms with Crippen LogP contribution in [-0.2, 0) is 11.2 Å². The van der Waals surface area contributed by atoms with Crippen LogP contribution in [0.4, 0.5) is 0 Å². The van der Waals surface area contributed by atoms with Crippen LogP contribution in [0, 0.1) is 18.8 Å². The minimum Gasteiger partial charge on any atom is -0.510 e. The molecule has 2 aromatic rings. The number of aromatic hydroxyl groups is 1. The number of aliphatic hydroxyl groups is 3. The van der Waals surface area contributed by atoms with Crippen LogP contribution in [0.2, 0.25) is 0 Å². The van der Waals surface area contributed by atoms with Gasteiger partial charge in [0.15, 0.2) is 5.78 Å². The zero-order valence-electron chi connectivity index (χ0n) is 21.6. The van der Waals surface area contributed by atoms with E-state index in [0.717, 1.165) is 16.7 Å². The number of fused-ring (bicyclic) bond motifs is 3. The van der Waals surface area contributed by atoms with E-state index in [1.807, 2.05) is 43.3 Å². The van der Waals surface area contributed by atoms with Crippen molar-refractivity contribution in [3.05, 3.63) is 86.9 Å². The summed E-state index contributed by atoms with van der Waals surface area (Å²) in [6.45, 7) is 2.01. The van der Waals surface area contributed by atoms with Gasteiger partial charge in [-0.15, -0.1) is 0 Å². The number of aliphatic hydroxyl groups excluding tert-OH is 2. The van der Waals surface area contributed by atoms with Gasteiger partial charge in [0.2, 0.25) is 5.91 Å². The van der Waals surface area contributed by atoms with Crippen LogP contribution >= 0.6 is 0 Å². The monoisotopic (exact) mass is 516 g/mol. The SMILES string of the molecule is Cc1cccc(/C=C/c2ccc(O)c3c2CC2CC4C(N(C)C)C(O)=C(C(N)=O)CC4(O)C(O)=C2C3=O)c1. The Morgan fingerprint density at radius 2 is 1.87 bits per heavy atom. The number of amides is 1. The molecule has 0 aromatic heterocycles. The number of phenols is 1. The van der Waals surface area contributed by atoms with Crippen molar-refractivity contribution < 1.29 is 30.0 Å². The lowest BCUT2D eigenvalue weighted by molar-refractivity contribution is -0.118. The highest BCUT2D eigenvalue weighted by molar-refractivity contribution is 6.14. The summed E-state index contributed by atoms with van der Waals surface area (Å²) in [6.07, 6.45) is 4.07. The van der Waals surface area contributed by atoms with Crippen LogP contribution < -0.4 is 5.73 Å². The Kier molecular flexibility index (Phi) is 6.20. The Balaban J connectivity index is 1.62. The third-order valence-corrected chi connectivity index (χ3v) is 8.24. The number of hydrogen-bond donors (Lipinski definition) is 5. The molecule has 0 bridgehead atoms. The number of carbonyl (C=O) groups excluding carboxylic acids is 2. The van der Waals surface area contributed by atoms with E-state index >= 15 is 0 Å². The molecule has 38 heavy (non-hydrogen) atoms. The second kappa shape index (κ2) is 9.15. The largest absolute Gasteiger partial charge is 0.510 e. The van der Waals surface area contributed by atoms with Gasteiger partial charge in [-0.3, -0.25) is 14.5 Å². The number of Topliss-reactive ketones (excluding diaryl/α,β-unsaturated/α-hetero) is 1. The van der Waals surface area contributed by atoms with Gasteiger partial charge < -0.3 is 26.2 Å². The lowest BCUT2D eigenvalue weighted by Crippen LogP contribution is -2.59. The maximum Gasteiger partial charge on any atom is 0.248 e. The van der Waals surface area contributed by atoms with Gasteiger partial charge >= 0.3 is 0 Å². The van der Waals surface area contributed by atoms with Crippen molar-refractivity contribution in [3.8, 4) is 5.75 Å². The first kappa shape index (κ1) is 25.8. The first-order chi connectivity index (χ1) is 17.9. The average molecular weight is 517 g/mol. The quantitative estimate of drug-likeness (QED) is 0.392. The average Bonchev–Trinajstić information content (AvgIpc) is 2.84. The molecule has 3 aliphatic rings. The molecule has 0 spiro atoms. The number of aryl methyl sites for hydroxylation is 1. The van der Waals surface area contributed by atoms with Crippen molar-refractivity contribution in [2.45, 2.75) is 37.8 Å². The summed E-state index contributed by atoms with van der Waals surface area (Å²) in [6, 6.07) is 10.4. The molecule has 1 amide bonds. The third-order valence-electron chi connectivity index (χ3n) is 8.24. The maximum absolute atomic E-state index is 13.8. The summed E-state index contributed by atoms with van der Waals surface area (Å²) in [5.41, 5.74) is 7.05. The molecule has 0 aliphatic heterocycles. The number of phenolic OH excluding ortho intramolecular Hbond substituents is 1. The number of likely N-dealkylation sites (N-methyl/N-ethyl adjacent to an activating group) is 1. The van der Waals surface area contributed by atoms with Gasteiger partial charge in [0.05, 0.1) is 17.2 Å². The molecule has 5 rings (SSSR count). The van der Waals surface area contributed by atoms with Gasteiger partial charge in [0.1, 0.15) is 22.9 Å². The predicted octanol–water partition coefficient (Wildman–Crippen LogP) is 3.42. The summed E-state index contributed by atoms with van der Waals surface area (Å²) >= 11 is 0. The Bertz CT molecular complexity index is 1450. The van der Waals surface area contributed by atoms with Crippen LogP contribution in [0.15, 0.2) is 59.1 Å². The molecule has 0 radical (unpaired) electrons. The summed E-state index contributed by atoms with van der Waals surface area (Å²) in [4.78, 5) is 27.6. The molecule has 2 aromatic carbocycles. The van der Waals surface area contributed by atoms with Crippen LogP contribution in [0.25, 0.3) is 12.2 Å². The topological polar surface area (TPSA) is 144 Å². The molecule has 4 unspecified atom stereocenters. The number of benzene rings is 2. The number of nitrogens with two attached hydrogens (primary N) is 1. The lowest BCUT2D eigenvalue weighted by Gasteiger charge is -2.51. The molecule has 198 valence electrons. The standard InChI is InChI=1S/C30H32N2O6/c1-15-5-4-6-16(11-15)7-8-17-9-10-22(33)24-19(17)12-18-13-21-25(32(2)3)26(34)20(29(31)37)14-30(21,38)28(36)23(18)27(24)35/h4-11,18,21,25,33-34,36,38H,12-14H2,1-3H3,(H2,31,37)/b8-7+. The van der Waals surface area contributed by atoms with Gasteiger partial charge in [-0.25, -0.2) is 0 Å². The van der Waals surface area contributed by atoms with Crippen molar-refractivity contribution in [3.63, 3.8) is 0 Å². The van der Waals surface area contributed by atoms with Gasteiger partial charge in [-0.1, -0.05) is 48.0 Å². The van der Waals surface area contributed by atoms with Crippen LogP contribution in [0.3, 0.4) is 0 Å². The zero-order valence-corrected chi connectivity index (χ0v) is 21.6. The van der Waals surface area contributed by atoms with E-state index in [2.05, 4.69) is 0 Å². The molecule has 3 aliphatic carbocycles. The molecule has 6 N–H and O–H groups in total. The minimum absolute atomic E-state index is 0.0362. The Hall–Kier alpha value is -3.88. The molecular weight excluding hydrogens is 484 g/mol. The van der Waals surface area contributed by atoms with E-state index in [1.54, 1.807) is 25.1 Å². The molecule has 0 saturated carbocycles. The Morgan fingerprint density at radius 3 is 2.53 bits per heavy atom. The third kappa shape index (κ3) is 3.92. The fraction of sp³-hybridized carbons (Fsp3) is 0.333. The molecular formula is C30H32N2O6. The second-order valence-electron chi connectivity index (χ2n) is 10.8. The van der Waals surface area contributed by atoms with E-state index in [9.17, 15) is 30.0 Å². The summed E-state index contributed by atoms with van der Waals surface area (Å²) in [5, 5.41) is 44.8. The molecule has 0 saturated heterocycles. The highest BCUT2D eigenvalue weighted by atomic mass is 16.3. The number of ketones is 1. The zero-order chi connectivity index (χ0) is 27.5. The number of primary amides is 1. The van der Waals surface area contributed by atoms with Crippen molar-refractivity contribution >= 4 is 23.8 Å².